The summed E-state index contributed by atoms with van der Waals surface area (Å²) in [5.74, 6) is 0.665. The molecule has 216 valence electrons. The lowest BCUT2D eigenvalue weighted by Gasteiger charge is -2.25. The fourth-order valence-electron chi connectivity index (χ4n) is 4.51. The number of nitrogens with zero attached hydrogens (tertiary/aromatic N) is 2. The second kappa shape index (κ2) is 12.9. The van der Waals surface area contributed by atoms with E-state index in [4.69, 9.17) is 23.7 Å². The van der Waals surface area contributed by atoms with Gasteiger partial charge in [0.15, 0.2) is 27.8 Å². The van der Waals surface area contributed by atoms with Crippen LogP contribution in [0.15, 0.2) is 57.5 Å². The van der Waals surface area contributed by atoms with Crippen LogP contribution < -0.4 is 33.8 Å². The van der Waals surface area contributed by atoms with E-state index in [1.165, 1.54) is 29.9 Å². The van der Waals surface area contributed by atoms with E-state index in [1.54, 1.807) is 50.3 Å². The zero-order valence-electron chi connectivity index (χ0n) is 23.8. The fourth-order valence-corrected chi connectivity index (χ4v) is 5.56. The van der Waals surface area contributed by atoms with Crippen molar-refractivity contribution in [3.05, 3.63) is 78.5 Å². The van der Waals surface area contributed by atoms with Crippen LogP contribution in [0.5, 0.6) is 23.0 Å². The summed E-state index contributed by atoms with van der Waals surface area (Å²) in [5, 5.41) is 0. The molecule has 1 aliphatic heterocycles. The molecule has 0 spiro atoms. The quantitative estimate of drug-likeness (QED) is 0.264. The van der Waals surface area contributed by atoms with Gasteiger partial charge in [-0.05, 0) is 69.2 Å². The van der Waals surface area contributed by atoms with Crippen LogP contribution in [-0.2, 0) is 14.3 Å². The van der Waals surface area contributed by atoms with Crippen LogP contribution in [0.3, 0.4) is 0 Å². The summed E-state index contributed by atoms with van der Waals surface area (Å²) in [6.45, 7) is 9.54. The van der Waals surface area contributed by atoms with E-state index >= 15 is 0 Å². The number of allylic oxidation sites excluding steroid dienone is 1. The van der Waals surface area contributed by atoms with Crippen molar-refractivity contribution in [1.29, 1.82) is 0 Å². The zero-order valence-corrected chi connectivity index (χ0v) is 24.6. The van der Waals surface area contributed by atoms with E-state index in [0.717, 1.165) is 0 Å². The summed E-state index contributed by atoms with van der Waals surface area (Å²) >= 11 is 1.20. The Bertz CT molecular complexity index is 1690. The minimum Gasteiger partial charge on any atom is -0.493 e. The Morgan fingerprint density at radius 1 is 0.976 bits per heavy atom. The molecule has 0 saturated heterocycles. The molecule has 0 bridgehead atoms. The molecule has 2 aromatic carbocycles. The molecule has 0 radical (unpaired) electrons. The van der Waals surface area contributed by atoms with Crippen molar-refractivity contribution in [1.82, 2.24) is 4.57 Å². The summed E-state index contributed by atoms with van der Waals surface area (Å²) in [7, 11) is 1.47. The lowest BCUT2D eigenvalue weighted by Crippen LogP contribution is -2.40. The minimum absolute atomic E-state index is 0.172. The molecule has 1 unspecified atom stereocenters. The lowest BCUT2D eigenvalue weighted by atomic mass is 9.95. The average Bonchev–Trinajstić information content (AvgIpc) is 3.23. The minimum atomic E-state index is -0.803. The third kappa shape index (κ3) is 6.19. The van der Waals surface area contributed by atoms with Crippen LogP contribution in [0.25, 0.3) is 6.08 Å². The first kappa shape index (κ1) is 29.6. The van der Waals surface area contributed by atoms with Gasteiger partial charge in [0.2, 0.25) is 0 Å². The molecular weight excluding hydrogens is 548 g/mol. The topological polar surface area (TPSA) is 115 Å². The normalized spacial score (nSPS) is 14.7. The van der Waals surface area contributed by atoms with Crippen molar-refractivity contribution in [2.24, 2.45) is 4.99 Å². The van der Waals surface area contributed by atoms with E-state index in [9.17, 15) is 14.4 Å². The number of aromatic nitrogens is 1. The fraction of sp³-hybridized carbons (Fsp3) is 0.333. The molecule has 3 aromatic rings. The standard InChI is InChI=1S/C30H32N2O8S/c1-7-37-21-13-11-20(16-24(21)38-8-2)27-26(29(35)39-9-3)17(4)31-30-32(27)28(34)25(41-30)15-19-10-12-22(40-18(5)33)23(14-19)36-6/h10-16,27H,7-9H2,1-6H3/b25-15-. The molecule has 11 heteroatoms. The molecule has 0 aliphatic carbocycles. The van der Waals surface area contributed by atoms with E-state index < -0.39 is 18.0 Å². The molecule has 1 atom stereocenters. The number of carbonyl (C=O) groups is 2. The Kier molecular flexibility index (Phi) is 9.28. The van der Waals surface area contributed by atoms with E-state index in [0.29, 0.717) is 56.6 Å². The van der Waals surface area contributed by atoms with Crippen molar-refractivity contribution >= 4 is 29.4 Å². The molecule has 1 aromatic heterocycles. The molecule has 0 N–H and O–H groups in total. The first-order valence-corrected chi connectivity index (χ1v) is 14.0. The SMILES string of the molecule is CCOC(=O)C1=C(C)N=c2s/c(=C\c3ccc(OC(C)=O)c(OC)c3)c(=O)n2C1c1ccc(OCC)c(OCC)c1. The molecular formula is C30H32N2O8S. The van der Waals surface area contributed by atoms with Gasteiger partial charge in [0.25, 0.3) is 5.56 Å². The smallest absolute Gasteiger partial charge is 0.338 e. The number of thiazole rings is 1. The van der Waals surface area contributed by atoms with Crippen LogP contribution in [0.1, 0.15) is 51.8 Å². The summed E-state index contributed by atoms with van der Waals surface area (Å²) in [5.41, 5.74) is 1.70. The van der Waals surface area contributed by atoms with Crippen molar-refractivity contribution in [3.8, 4) is 23.0 Å². The monoisotopic (exact) mass is 580 g/mol. The number of carbonyl (C=O) groups excluding carboxylic acids is 2. The number of benzene rings is 2. The summed E-state index contributed by atoms with van der Waals surface area (Å²) in [6, 6.07) is 9.55. The molecule has 0 saturated carbocycles. The highest BCUT2D eigenvalue weighted by Crippen LogP contribution is 2.36. The van der Waals surface area contributed by atoms with Crippen LogP contribution in [0.4, 0.5) is 0 Å². The van der Waals surface area contributed by atoms with E-state index in [2.05, 4.69) is 4.99 Å². The third-order valence-corrected chi connectivity index (χ3v) is 7.12. The van der Waals surface area contributed by atoms with Crippen LogP contribution in [-0.4, -0.2) is 43.4 Å². The van der Waals surface area contributed by atoms with Crippen LogP contribution >= 0.6 is 11.3 Å². The number of hydrogen-bond acceptors (Lipinski definition) is 10. The van der Waals surface area contributed by atoms with Crippen molar-refractivity contribution in [2.45, 2.75) is 40.7 Å². The van der Waals surface area contributed by atoms with Gasteiger partial charge < -0.3 is 23.7 Å². The zero-order chi connectivity index (χ0) is 29.7. The highest BCUT2D eigenvalue weighted by Gasteiger charge is 2.34. The maximum atomic E-state index is 13.9. The summed E-state index contributed by atoms with van der Waals surface area (Å²) in [6.07, 6.45) is 1.70. The van der Waals surface area contributed by atoms with Gasteiger partial charge in [-0.3, -0.25) is 14.2 Å². The molecule has 10 nitrogen and oxygen atoms in total. The lowest BCUT2D eigenvalue weighted by molar-refractivity contribution is -0.139. The van der Waals surface area contributed by atoms with E-state index in [-0.39, 0.29) is 23.5 Å². The van der Waals surface area contributed by atoms with Crippen molar-refractivity contribution < 1.29 is 33.3 Å². The molecule has 41 heavy (non-hydrogen) atoms. The second-order valence-electron chi connectivity index (χ2n) is 8.88. The first-order chi connectivity index (χ1) is 19.7. The Hall–Kier alpha value is -4.38. The van der Waals surface area contributed by atoms with Crippen LogP contribution in [0.2, 0.25) is 0 Å². The van der Waals surface area contributed by atoms with Gasteiger partial charge in [-0.15, -0.1) is 0 Å². The first-order valence-electron chi connectivity index (χ1n) is 13.2. The number of methoxy groups -OCH3 is 1. The number of fused-ring (bicyclic) bond motifs is 1. The van der Waals surface area contributed by atoms with Crippen molar-refractivity contribution in [2.75, 3.05) is 26.9 Å². The molecule has 4 rings (SSSR count). The molecule has 0 fully saturated rings. The molecule has 2 heterocycles. The third-order valence-electron chi connectivity index (χ3n) is 6.14. The number of ether oxygens (including phenoxy) is 5. The van der Waals surface area contributed by atoms with E-state index in [1.807, 2.05) is 19.9 Å². The summed E-state index contributed by atoms with van der Waals surface area (Å²) < 4.78 is 29.4. The largest absolute Gasteiger partial charge is 0.493 e. The summed E-state index contributed by atoms with van der Waals surface area (Å²) in [4.78, 5) is 43.6. The van der Waals surface area contributed by atoms with Crippen LogP contribution in [0, 0.1) is 0 Å². The highest BCUT2D eigenvalue weighted by molar-refractivity contribution is 7.07. The van der Waals surface area contributed by atoms with Crippen molar-refractivity contribution in [3.63, 3.8) is 0 Å². The molecule has 0 amide bonds. The Labute approximate surface area is 241 Å². The van der Waals surface area contributed by atoms with Gasteiger partial charge in [-0.1, -0.05) is 23.5 Å². The Morgan fingerprint density at radius 3 is 2.34 bits per heavy atom. The predicted octanol–water partition coefficient (Wildman–Crippen LogP) is 3.53. The number of esters is 2. The highest BCUT2D eigenvalue weighted by atomic mass is 32.1. The van der Waals surface area contributed by atoms with Gasteiger partial charge in [-0.25, -0.2) is 9.79 Å². The second-order valence-corrected chi connectivity index (χ2v) is 9.89. The van der Waals surface area contributed by atoms with Gasteiger partial charge in [-0.2, -0.15) is 0 Å². The number of hydrogen-bond donors (Lipinski definition) is 0. The van der Waals surface area contributed by atoms with Gasteiger partial charge >= 0.3 is 11.9 Å². The Balaban J connectivity index is 1.91. The van der Waals surface area contributed by atoms with Gasteiger partial charge in [0.05, 0.1) is 48.8 Å². The predicted molar refractivity (Wildman–Crippen MR) is 153 cm³/mol. The molecule has 1 aliphatic rings. The van der Waals surface area contributed by atoms with Gasteiger partial charge in [0, 0.05) is 6.92 Å². The maximum absolute atomic E-state index is 13.9. The van der Waals surface area contributed by atoms with Gasteiger partial charge in [0.1, 0.15) is 0 Å². The average molecular weight is 581 g/mol. The number of rotatable bonds is 10. The maximum Gasteiger partial charge on any atom is 0.338 e. The Morgan fingerprint density at radius 2 is 1.68 bits per heavy atom.